The van der Waals surface area contributed by atoms with Gasteiger partial charge in [0.25, 0.3) is 0 Å². The molecular weight excluding hydrogens is 166 g/mol. The fourth-order valence-electron chi connectivity index (χ4n) is 1.69. The quantitative estimate of drug-likeness (QED) is 0.727. The molecule has 13 heavy (non-hydrogen) atoms. The van der Waals surface area contributed by atoms with Crippen LogP contribution in [0.4, 0.5) is 0 Å². The Kier molecular flexibility index (Phi) is 1.83. The van der Waals surface area contributed by atoms with E-state index in [1.54, 1.807) is 7.05 Å². The molecule has 72 valence electrons. The molecule has 1 saturated carbocycles. The molecular formula is C8H15N5. The van der Waals surface area contributed by atoms with Crippen molar-refractivity contribution in [3.63, 3.8) is 0 Å². The lowest BCUT2D eigenvalue weighted by Gasteiger charge is -2.18. The summed E-state index contributed by atoms with van der Waals surface area (Å²) in [4.78, 5) is 1.51. The van der Waals surface area contributed by atoms with Crippen LogP contribution in [-0.2, 0) is 7.05 Å². The van der Waals surface area contributed by atoms with E-state index in [4.69, 9.17) is 0 Å². The minimum atomic E-state index is 0.251. The number of hydrogen-bond acceptors (Lipinski definition) is 4. The summed E-state index contributed by atoms with van der Waals surface area (Å²) in [6.45, 7) is 2.25. The first-order chi connectivity index (χ1) is 6.15. The number of aromatic nitrogens is 4. The zero-order valence-electron chi connectivity index (χ0n) is 8.28. The minimum Gasteiger partial charge on any atom is -0.310 e. The Labute approximate surface area is 77.5 Å². The van der Waals surface area contributed by atoms with E-state index in [2.05, 4.69) is 27.7 Å². The number of aryl methyl sites for hydroxylation is 1. The van der Waals surface area contributed by atoms with E-state index in [0.717, 1.165) is 5.82 Å². The number of hydrogen-bond donors (Lipinski definition) is 1. The van der Waals surface area contributed by atoms with Crippen molar-refractivity contribution in [2.75, 3.05) is 7.05 Å². The summed E-state index contributed by atoms with van der Waals surface area (Å²) in [6, 6.07) is 0.251. The van der Waals surface area contributed by atoms with Gasteiger partial charge in [0, 0.05) is 0 Å². The van der Waals surface area contributed by atoms with Gasteiger partial charge in [-0.15, -0.1) is 10.2 Å². The van der Waals surface area contributed by atoms with Gasteiger partial charge in [0.2, 0.25) is 0 Å². The Hall–Kier alpha value is -0.970. The van der Waals surface area contributed by atoms with Crippen molar-refractivity contribution >= 4 is 0 Å². The summed E-state index contributed by atoms with van der Waals surface area (Å²) in [7, 11) is 3.74. The second kappa shape index (κ2) is 2.77. The fourth-order valence-corrected chi connectivity index (χ4v) is 1.69. The highest BCUT2D eigenvalue weighted by molar-refractivity contribution is 5.06. The van der Waals surface area contributed by atoms with Crippen molar-refractivity contribution in [2.45, 2.75) is 25.8 Å². The zero-order valence-corrected chi connectivity index (χ0v) is 8.28. The third-order valence-electron chi connectivity index (χ3n) is 2.81. The minimum absolute atomic E-state index is 0.251. The van der Waals surface area contributed by atoms with Crippen LogP contribution in [0.5, 0.6) is 0 Å². The van der Waals surface area contributed by atoms with Gasteiger partial charge < -0.3 is 5.32 Å². The first-order valence-electron chi connectivity index (χ1n) is 4.57. The first-order valence-corrected chi connectivity index (χ1v) is 4.57. The maximum absolute atomic E-state index is 4.22. The highest BCUT2D eigenvalue weighted by atomic mass is 15.6. The molecule has 1 aromatic rings. The van der Waals surface area contributed by atoms with E-state index < -0.39 is 0 Å². The highest BCUT2D eigenvalue weighted by Gasteiger charge is 2.46. The molecule has 1 aromatic heterocycles. The second-order valence-electron chi connectivity index (χ2n) is 4.01. The van der Waals surface area contributed by atoms with Crippen molar-refractivity contribution in [3.05, 3.63) is 5.82 Å². The van der Waals surface area contributed by atoms with Crippen molar-refractivity contribution in [2.24, 2.45) is 12.5 Å². The van der Waals surface area contributed by atoms with Gasteiger partial charge >= 0.3 is 0 Å². The first kappa shape index (κ1) is 8.62. The van der Waals surface area contributed by atoms with Gasteiger partial charge in [-0.2, -0.15) is 4.80 Å². The predicted octanol–water partition coefficient (Wildman–Crippen LogP) is 0.271. The standard InChI is InChI=1S/C8H15N5/c1-8(4-5-8)6(9-2)7-10-12-13(3)11-7/h6,9H,4-5H2,1-3H3. The topological polar surface area (TPSA) is 55.6 Å². The Morgan fingerprint density at radius 3 is 2.62 bits per heavy atom. The third-order valence-corrected chi connectivity index (χ3v) is 2.81. The average molecular weight is 181 g/mol. The molecule has 5 nitrogen and oxygen atoms in total. The summed E-state index contributed by atoms with van der Waals surface area (Å²) in [5.41, 5.74) is 0.345. The summed E-state index contributed by atoms with van der Waals surface area (Å²) >= 11 is 0. The van der Waals surface area contributed by atoms with Gasteiger partial charge in [-0.3, -0.25) is 0 Å². The summed E-state index contributed by atoms with van der Waals surface area (Å²) < 4.78 is 0. The normalized spacial score (nSPS) is 21.5. The molecule has 0 spiro atoms. The molecule has 2 rings (SSSR count). The van der Waals surface area contributed by atoms with Crippen LogP contribution >= 0.6 is 0 Å². The molecule has 0 amide bonds. The maximum atomic E-state index is 4.22. The average Bonchev–Trinajstić information content (AvgIpc) is 2.67. The second-order valence-corrected chi connectivity index (χ2v) is 4.01. The summed E-state index contributed by atoms with van der Waals surface area (Å²) in [5, 5.41) is 15.4. The molecule has 1 aliphatic rings. The summed E-state index contributed by atoms with van der Waals surface area (Å²) in [5.74, 6) is 0.810. The van der Waals surface area contributed by atoms with E-state index >= 15 is 0 Å². The van der Waals surface area contributed by atoms with E-state index in [1.807, 2.05) is 7.05 Å². The van der Waals surface area contributed by atoms with Gasteiger partial charge in [-0.25, -0.2) is 0 Å². The smallest absolute Gasteiger partial charge is 0.192 e. The Morgan fingerprint density at radius 2 is 2.23 bits per heavy atom. The van der Waals surface area contributed by atoms with Crippen LogP contribution in [-0.4, -0.2) is 27.3 Å². The molecule has 5 heteroatoms. The van der Waals surface area contributed by atoms with Crippen LogP contribution in [0.15, 0.2) is 0 Å². The van der Waals surface area contributed by atoms with E-state index in [1.165, 1.54) is 17.6 Å². The fraction of sp³-hybridized carbons (Fsp3) is 0.875. The van der Waals surface area contributed by atoms with Crippen LogP contribution in [0, 0.1) is 5.41 Å². The van der Waals surface area contributed by atoms with Gasteiger partial charge in [0.05, 0.1) is 13.1 Å². The van der Waals surface area contributed by atoms with Gasteiger partial charge in [0.15, 0.2) is 5.82 Å². The highest BCUT2D eigenvalue weighted by Crippen LogP contribution is 2.53. The number of nitrogens with one attached hydrogen (secondary N) is 1. The van der Waals surface area contributed by atoms with Crippen molar-refractivity contribution < 1.29 is 0 Å². The molecule has 1 unspecified atom stereocenters. The van der Waals surface area contributed by atoms with E-state index in [0.29, 0.717) is 5.41 Å². The molecule has 0 bridgehead atoms. The molecule has 1 fully saturated rings. The Bertz CT molecular complexity index is 301. The molecule has 1 aliphatic carbocycles. The van der Waals surface area contributed by atoms with Crippen LogP contribution in [0.25, 0.3) is 0 Å². The molecule has 0 aliphatic heterocycles. The largest absolute Gasteiger partial charge is 0.310 e. The zero-order chi connectivity index (χ0) is 9.47. The van der Waals surface area contributed by atoms with E-state index in [9.17, 15) is 0 Å². The van der Waals surface area contributed by atoms with Crippen LogP contribution in [0.1, 0.15) is 31.6 Å². The van der Waals surface area contributed by atoms with Crippen LogP contribution in [0.2, 0.25) is 0 Å². The number of nitrogens with zero attached hydrogens (tertiary/aromatic N) is 4. The molecule has 0 saturated heterocycles. The third kappa shape index (κ3) is 1.44. The number of rotatable bonds is 3. The Balaban J connectivity index is 2.22. The Morgan fingerprint density at radius 1 is 1.54 bits per heavy atom. The van der Waals surface area contributed by atoms with Gasteiger partial charge in [-0.05, 0) is 30.5 Å². The molecule has 0 radical (unpaired) electrons. The monoisotopic (exact) mass is 181 g/mol. The van der Waals surface area contributed by atoms with Crippen molar-refractivity contribution in [1.82, 2.24) is 25.5 Å². The van der Waals surface area contributed by atoms with Crippen LogP contribution in [0.3, 0.4) is 0 Å². The van der Waals surface area contributed by atoms with Crippen LogP contribution < -0.4 is 5.32 Å². The lowest BCUT2D eigenvalue weighted by Crippen LogP contribution is -2.25. The lowest BCUT2D eigenvalue weighted by molar-refractivity contribution is 0.372. The van der Waals surface area contributed by atoms with Crippen molar-refractivity contribution in [3.8, 4) is 0 Å². The SMILES string of the molecule is CNC(c1nnn(C)n1)C1(C)CC1. The lowest BCUT2D eigenvalue weighted by atomic mass is 9.99. The van der Waals surface area contributed by atoms with Gasteiger partial charge in [0.1, 0.15) is 0 Å². The van der Waals surface area contributed by atoms with E-state index in [-0.39, 0.29) is 6.04 Å². The molecule has 1 atom stereocenters. The number of tetrazole rings is 1. The maximum Gasteiger partial charge on any atom is 0.192 e. The summed E-state index contributed by atoms with van der Waals surface area (Å²) in [6.07, 6.45) is 2.49. The molecule has 1 N–H and O–H groups in total. The predicted molar refractivity (Wildman–Crippen MR) is 47.9 cm³/mol. The van der Waals surface area contributed by atoms with Gasteiger partial charge in [-0.1, -0.05) is 6.92 Å². The van der Waals surface area contributed by atoms with Crippen molar-refractivity contribution in [1.29, 1.82) is 0 Å². The molecule has 1 heterocycles. The molecule has 0 aromatic carbocycles.